The molecule has 1 aromatic heterocycles. The summed E-state index contributed by atoms with van der Waals surface area (Å²) in [5, 5.41) is 9.06. The zero-order valence-electron chi connectivity index (χ0n) is 4.98. The first-order chi connectivity index (χ1) is 4.79. The number of aromatic nitrogens is 3. The second kappa shape index (κ2) is 2.72. The largest absolute Gasteiger partial charge is 0.351 e. The van der Waals surface area contributed by atoms with Crippen LogP contribution in [0.15, 0.2) is 12.4 Å². The molecule has 6 nitrogen and oxygen atoms in total. The van der Waals surface area contributed by atoms with Gasteiger partial charge in [-0.15, -0.1) is 5.10 Å². The maximum absolute atomic E-state index is 10.2. The van der Waals surface area contributed by atoms with E-state index >= 15 is 0 Å². The minimum atomic E-state index is -0.701. The zero-order chi connectivity index (χ0) is 7.40. The normalized spacial score (nSPS) is 8.80. The Morgan fingerprint density at radius 3 is 2.90 bits per heavy atom. The summed E-state index contributed by atoms with van der Waals surface area (Å²) in [5.41, 5.74) is 4.77. The van der Waals surface area contributed by atoms with Crippen LogP contribution in [0.5, 0.6) is 0 Å². The molecule has 0 aliphatic heterocycles. The van der Waals surface area contributed by atoms with Gasteiger partial charge in [0.25, 0.3) is 5.95 Å². The minimum Gasteiger partial charge on any atom is -0.351 e. The van der Waals surface area contributed by atoms with E-state index in [0.717, 1.165) is 0 Å². The first-order valence-corrected chi connectivity index (χ1v) is 2.49. The Hall–Kier alpha value is -1.72. The van der Waals surface area contributed by atoms with Crippen LogP contribution in [-0.4, -0.2) is 21.2 Å². The molecule has 0 atom stereocenters. The smallest absolute Gasteiger partial charge is 0.319 e. The number of carbonyl (C=O) groups excluding carboxylic acids is 1. The summed E-state index contributed by atoms with van der Waals surface area (Å²) >= 11 is 0. The van der Waals surface area contributed by atoms with Gasteiger partial charge >= 0.3 is 6.03 Å². The van der Waals surface area contributed by atoms with Crippen LogP contribution in [0.3, 0.4) is 0 Å². The molecular formula is C4H5N5O. The van der Waals surface area contributed by atoms with E-state index in [9.17, 15) is 4.79 Å². The van der Waals surface area contributed by atoms with E-state index in [-0.39, 0.29) is 5.95 Å². The highest BCUT2D eigenvalue weighted by atomic mass is 16.2. The van der Waals surface area contributed by atoms with Gasteiger partial charge < -0.3 is 5.73 Å². The van der Waals surface area contributed by atoms with Crippen molar-refractivity contribution in [1.29, 1.82) is 0 Å². The van der Waals surface area contributed by atoms with Gasteiger partial charge in [0.05, 0.1) is 12.4 Å². The minimum absolute atomic E-state index is 0.106. The number of primary amides is 1. The summed E-state index contributed by atoms with van der Waals surface area (Å²) in [6, 6.07) is -0.701. The van der Waals surface area contributed by atoms with E-state index in [2.05, 4.69) is 20.5 Å². The predicted octanol–water partition coefficient (Wildman–Crippen LogP) is -0.638. The summed E-state index contributed by atoms with van der Waals surface area (Å²) in [6.45, 7) is 0. The molecule has 0 fully saturated rings. The van der Waals surface area contributed by atoms with Crippen LogP contribution in [-0.2, 0) is 0 Å². The van der Waals surface area contributed by atoms with Gasteiger partial charge in [-0.1, -0.05) is 0 Å². The van der Waals surface area contributed by atoms with Crippen molar-refractivity contribution in [2.24, 2.45) is 5.73 Å². The molecule has 0 aliphatic rings. The molecule has 52 valence electrons. The molecule has 3 N–H and O–H groups in total. The lowest BCUT2D eigenvalue weighted by molar-refractivity contribution is 0.259. The third kappa shape index (κ3) is 1.66. The van der Waals surface area contributed by atoms with Crippen molar-refractivity contribution in [3.8, 4) is 0 Å². The first-order valence-electron chi connectivity index (χ1n) is 2.49. The fraction of sp³-hybridized carbons (Fsp3) is 0. The van der Waals surface area contributed by atoms with Gasteiger partial charge in [-0.05, 0) is 0 Å². The Labute approximate surface area is 56.5 Å². The van der Waals surface area contributed by atoms with Gasteiger partial charge in [0.1, 0.15) is 0 Å². The number of rotatable bonds is 1. The van der Waals surface area contributed by atoms with Crippen LogP contribution >= 0.6 is 0 Å². The number of hydrogen-bond acceptors (Lipinski definition) is 4. The van der Waals surface area contributed by atoms with E-state index in [4.69, 9.17) is 5.73 Å². The molecule has 0 bridgehead atoms. The lowest BCUT2D eigenvalue weighted by atomic mass is 10.8. The maximum atomic E-state index is 10.2. The standard InChI is InChI=1S/C4H5N5O/c5-3(10)8-4-6-1-2-7-9-4/h1-2H,(H3,5,6,8,9,10). The van der Waals surface area contributed by atoms with Gasteiger partial charge in [-0.25, -0.2) is 9.78 Å². The number of anilines is 1. The number of urea groups is 1. The number of amides is 2. The Kier molecular flexibility index (Phi) is 1.74. The molecule has 6 heteroatoms. The molecule has 0 spiro atoms. The van der Waals surface area contributed by atoms with Crippen LogP contribution in [0, 0.1) is 0 Å². The fourth-order valence-electron chi connectivity index (χ4n) is 0.415. The van der Waals surface area contributed by atoms with Crippen molar-refractivity contribution in [1.82, 2.24) is 15.2 Å². The highest BCUT2D eigenvalue weighted by Gasteiger charge is 1.95. The van der Waals surface area contributed by atoms with Gasteiger partial charge in [0.2, 0.25) is 0 Å². The average molecular weight is 139 g/mol. The van der Waals surface area contributed by atoms with E-state index in [1.165, 1.54) is 12.4 Å². The van der Waals surface area contributed by atoms with E-state index in [1.807, 2.05) is 0 Å². The van der Waals surface area contributed by atoms with Crippen molar-refractivity contribution in [3.63, 3.8) is 0 Å². The Balaban J connectivity index is 2.67. The second-order valence-electron chi connectivity index (χ2n) is 1.46. The van der Waals surface area contributed by atoms with Crippen LogP contribution in [0.1, 0.15) is 0 Å². The molecular weight excluding hydrogens is 134 g/mol. The molecule has 1 heterocycles. The second-order valence-corrected chi connectivity index (χ2v) is 1.46. The highest BCUT2D eigenvalue weighted by molar-refractivity contribution is 5.85. The SMILES string of the molecule is NC(=O)Nc1nccnn1. The van der Waals surface area contributed by atoms with Gasteiger partial charge in [0, 0.05) is 0 Å². The summed E-state index contributed by atoms with van der Waals surface area (Å²) in [5.74, 6) is 0.106. The molecule has 0 saturated carbocycles. The number of nitrogens with two attached hydrogens (primary N) is 1. The maximum Gasteiger partial charge on any atom is 0.319 e. The van der Waals surface area contributed by atoms with Crippen LogP contribution < -0.4 is 11.1 Å². The number of hydrogen-bond donors (Lipinski definition) is 2. The quantitative estimate of drug-likeness (QED) is 0.541. The molecule has 0 saturated heterocycles. The van der Waals surface area contributed by atoms with Crippen molar-refractivity contribution >= 4 is 12.0 Å². The summed E-state index contributed by atoms with van der Waals surface area (Å²) < 4.78 is 0. The Morgan fingerprint density at radius 2 is 2.40 bits per heavy atom. The first kappa shape index (κ1) is 6.40. The van der Waals surface area contributed by atoms with Crippen LogP contribution in [0.25, 0.3) is 0 Å². The van der Waals surface area contributed by atoms with E-state index < -0.39 is 6.03 Å². The number of carbonyl (C=O) groups is 1. The molecule has 0 unspecified atom stereocenters. The molecule has 1 aromatic rings. The summed E-state index contributed by atoms with van der Waals surface area (Å²) in [4.78, 5) is 13.8. The van der Waals surface area contributed by atoms with Gasteiger partial charge in [-0.2, -0.15) is 5.10 Å². The fourth-order valence-corrected chi connectivity index (χ4v) is 0.415. The summed E-state index contributed by atoms with van der Waals surface area (Å²) in [6.07, 6.45) is 2.80. The third-order valence-corrected chi connectivity index (χ3v) is 0.718. The van der Waals surface area contributed by atoms with Crippen LogP contribution in [0.4, 0.5) is 10.7 Å². The Bertz CT molecular complexity index is 222. The van der Waals surface area contributed by atoms with Crippen molar-refractivity contribution in [3.05, 3.63) is 12.4 Å². The third-order valence-electron chi connectivity index (χ3n) is 0.718. The van der Waals surface area contributed by atoms with Crippen LogP contribution in [0.2, 0.25) is 0 Å². The van der Waals surface area contributed by atoms with Crippen molar-refractivity contribution < 1.29 is 4.79 Å². The van der Waals surface area contributed by atoms with Gasteiger partial charge in [0.15, 0.2) is 0 Å². The van der Waals surface area contributed by atoms with Crippen molar-refractivity contribution in [2.45, 2.75) is 0 Å². The van der Waals surface area contributed by atoms with E-state index in [0.29, 0.717) is 0 Å². The zero-order valence-corrected chi connectivity index (χ0v) is 4.98. The average Bonchev–Trinajstić information content (AvgIpc) is 1.88. The van der Waals surface area contributed by atoms with Crippen molar-refractivity contribution in [2.75, 3.05) is 5.32 Å². The van der Waals surface area contributed by atoms with E-state index in [1.54, 1.807) is 0 Å². The molecule has 0 radical (unpaired) electrons. The summed E-state index contributed by atoms with van der Waals surface area (Å²) in [7, 11) is 0. The highest BCUT2D eigenvalue weighted by Crippen LogP contribution is 1.88. The topological polar surface area (TPSA) is 93.8 Å². The molecule has 10 heavy (non-hydrogen) atoms. The number of nitrogens with one attached hydrogen (secondary N) is 1. The lowest BCUT2D eigenvalue weighted by Gasteiger charge is -1.94. The molecule has 1 rings (SSSR count). The predicted molar refractivity (Wildman–Crippen MR) is 33.0 cm³/mol. The Morgan fingerprint density at radius 1 is 1.60 bits per heavy atom. The van der Waals surface area contributed by atoms with Gasteiger partial charge in [-0.3, -0.25) is 5.32 Å². The molecule has 0 aromatic carbocycles. The monoisotopic (exact) mass is 139 g/mol. The lowest BCUT2D eigenvalue weighted by Crippen LogP contribution is -2.20. The number of nitrogens with zero attached hydrogens (tertiary/aromatic N) is 3. The molecule has 0 aliphatic carbocycles. The molecule has 2 amide bonds.